The Morgan fingerprint density at radius 3 is 2.79 bits per heavy atom. The van der Waals surface area contributed by atoms with Crippen LogP contribution < -0.4 is 4.90 Å². The Labute approximate surface area is 117 Å². The van der Waals surface area contributed by atoms with Crippen molar-refractivity contribution in [3.8, 4) is 0 Å². The second kappa shape index (κ2) is 5.14. The van der Waals surface area contributed by atoms with Gasteiger partial charge in [0.1, 0.15) is 11.1 Å². The fraction of sp³-hybridized carbons (Fsp3) is 0.400. The highest BCUT2D eigenvalue weighted by atomic mass is 79.9. The van der Waals surface area contributed by atoms with Crippen molar-refractivity contribution in [1.29, 1.82) is 0 Å². The molecule has 1 aromatic heterocycles. The Kier molecular flexibility index (Phi) is 3.88. The van der Waals surface area contributed by atoms with Crippen LogP contribution in [0.25, 0.3) is 0 Å². The SMILES string of the molecule is O=C1CC(S(=O)(=O)F)CN1c1ncc(Br)cc1CO. The minimum Gasteiger partial charge on any atom is -0.392 e. The molecule has 2 rings (SSSR count). The first-order chi connectivity index (χ1) is 8.82. The zero-order chi connectivity index (χ0) is 14.2. The van der Waals surface area contributed by atoms with Crippen molar-refractivity contribution in [3.05, 3.63) is 22.3 Å². The van der Waals surface area contributed by atoms with Crippen molar-refractivity contribution in [2.45, 2.75) is 18.3 Å². The number of amides is 1. The van der Waals surface area contributed by atoms with Gasteiger partial charge in [-0.15, -0.1) is 3.89 Å². The van der Waals surface area contributed by atoms with Gasteiger partial charge in [0.25, 0.3) is 0 Å². The summed E-state index contributed by atoms with van der Waals surface area (Å²) in [5.74, 6) is -0.377. The fourth-order valence-corrected chi connectivity index (χ4v) is 2.95. The zero-order valence-corrected chi connectivity index (χ0v) is 12.0. The maximum atomic E-state index is 12.9. The Morgan fingerprint density at radius 2 is 2.26 bits per heavy atom. The van der Waals surface area contributed by atoms with E-state index >= 15 is 0 Å². The number of carbonyl (C=O) groups excluding carboxylic acids is 1. The lowest BCUT2D eigenvalue weighted by Crippen LogP contribution is -2.28. The number of aliphatic hydroxyl groups excluding tert-OH is 1. The number of hydrogen-bond donors (Lipinski definition) is 1. The van der Waals surface area contributed by atoms with E-state index in [4.69, 9.17) is 0 Å². The van der Waals surface area contributed by atoms with Crippen LogP contribution in [-0.4, -0.2) is 36.2 Å². The fourth-order valence-electron chi connectivity index (χ4n) is 1.90. The molecule has 0 radical (unpaired) electrons. The number of aromatic nitrogens is 1. The summed E-state index contributed by atoms with van der Waals surface area (Å²) in [4.78, 5) is 16.8. The molecule has 1 aromatic rings. The third-order valence-electron chi connectivity index (χ3n) is 2.82. The summed E-state index contributed by atoms with van der Waals surface area (Å²) < 4.78 is 35.2. The lowest BCUT2D eigenvalue weighted by Gasteiger charge is -2.17. The van der Waals surface area contributed by atoms with E-state index in [0.717, 1.165) is 4.90 Å². The van der Waals surface area contributed by atoms with E-state index in [2.05, 4.69) is 20.9 Å². The Morgan fingerprint density at radius 1 is 1.58 bits per heavy atom. The summed E-state index contributed by atoms with van der Waals surface area (Å²) in [5, 5.41) is 7.85. The molecule has 0 bridgehead atoms. The predicted molar refractivity (Wildman–Crippen MR) is 68.6 cm³/mol. The van der Waals surface area contributed by atoms with Crippen LogP contribution in [0.1, 0.15) is 12.0 Å². The number of hydrogen-bond acceptors (Lipinski definition) is 5. The van der Waals surface area contributed by atoms with Crippen molar-refractivity contribution in [2.24, 2.45) is 0 Å². The summed E-state index contributed by atoms with van der Waals surface area (Å²) in [7, 11) is -4.77. The highest BCUT2D eigenvalue weighted by molar-refractivity contribution is 9.10. The molecule has 0 aliphatic carbocycles. The lowest BCUT2D eigenvalue weighted by molar-refractivity contribution is -0.117. The Bertz CT molecular complexity index is 622. The predicted octanol–water partition coefficient (Wildman–Crippen LogP) is 0.741. The van der Waals surface area contributed by atoms with E-state index in [1.807, 2.05) is 0 Å². The summed E-state index contributed by atoms with van der Waals surface area (Å²) in [5.41, 5.74) is 0.361. The van der Waals surface area contributed by atoms with Gasteiger partial charge in [-0.3, -0.25) is 9.69 Å². The molecule has 19 heavy (non-hydrogen) atoms. The maximum absolute atomic E-state index is 12.9. The molecule has 1 saturated heterocycles. The number of nitrogens with zero attached hydrogens (tertiary/aromatic N) is 2. The monoisotopic (exact) mass is 352 g/mol. The molecule has 1 N–H and O–H groups in total. The summed E-state index contributed by atoms with van der Waals surface area (Å²) in [6.45, 7) is -0.655. The Balaban J connectivity index is 2.36. The van der Waals surface area contributed by atoms with E-state index in [1.165, 1.54) is 6.20 Å². The van der Waals surface area contributed by atoms with Crippen LogP contribution >= 0.6 is 15.9 Å². The first kappa shape index (κ1) is 14.4. The van der Waals surface area contributed by atoms with Gasteiger partial charge in [-0.1, -0.05) is 0 Å². The van der Waals surface area contributed by atoms with Gasteiger partial charge in [0.05, 0.1) is 6.61 Å². The number of rotatable bonds is 3. The summed E-state index contributed by atoms with van der Waals surface area (Å²) in [6.07, 6.45) is 1.00. The zero-order valence-electron chi connectivity index (χ0n) is 9.58. The molecule has 6 nitrogen and oxygen atoms in total. The number of anilines is 1. The van der Waals surface area contributed by atoms with E-state index in [0.29, 0.717) is 10.0 Å². The molecular weight excluding hydrogens is 343 g/mol. The molecule has 1 aliphatic heterocycles. The van der Waals surface area contributed by atoms with Crippen molar-refractivity contribution in [3.63, 3.8) is 0 Å². The molecule has 0 spiro atoms. The maximum Gasteiger partial charge on any atom is 0.307 e. The molecule has 1 fully saturated rings. The average molecular weight is 353 g/mol. The topological polar surface area (TPSA) is 87.6 Å². The standard InChI is InChI=1S/C10H10BrFN2O4S/c11-7-1-6(5-15)10(13-3-7)14-4-8(2-9(14)16)19(12,17)18/h1,3,8,15H,2,4-5H2. The van der Waals surface area contributed by atoms with Gasteiger partial charge in [0.15, 0.2) is 0 Å². The van der Waals surface area contributed by atoms with Crippen LogP contribution in [0.2, 0.25) is 0 Å². The molecular formula is C10H10BrFN2O4S. The van der Waals surface area contributed by atoms with E-state index in [9.17, 15) is 22.2 Å². The van der Waals surface area contributed by atoms with Gasteiger partial charge in [0.2, 0.25) is 5.91 Å². The summed E-state index contributed by atoms with van der Waals surface area (Å²) in [6, 6.07) is 1.56. The first-order valence-electron chi connectivity index (χ1n) is 5.32. The van der Waals surface area contributed by atoms with E-state index < -0.39 is 27.8 Å². The third-order valence-corrected chi connectivity index (χ3v) is 4.37. The highest BCUT2D eigenvalue weighted by Crippen LogP contribution is 2.28. The number of aliphatic hydroxyl groups is 1. The average Bonchev–Trinajstić information content (AvgIpc) is 2.71. The minimum absolute atomic E-state index is 0.154. The van der Waals surface area contributed by atoms with Gasteiger partial charge < -0.3 is 5.11 Å². The van der Waals surface area contributed by atoms with Gasteiger partial charge in [-0.25, -0.2) is 4.98 Å². The molecule has 1 atom stereocenters. The molecule has 0 saturated carbocycles. The lowest BCUT2D eigenvalue weighted by atomic mass is 10.2. The number of pyridine rings is 1. The number of carbonyl (C=O) groups is 1. The molecule has 1 unspecified atom stereocenters. The molecule has 104 valence electrons. The largest absolute Gasteiger partial charge is 0.392 e. The molecule has 2 heterocycles. The van der Waals surface area contributed by atoms with Crippen LogP contribution in [-0.2, 0) is 21.6 Å². The van der Waals surface area contributed by atoms with Gasteiger partial charge in [-0.05, 0) is 22.0 Å². The summed E-state index contributed by atoms with van der Waals surface area (Å²) >= 11 is 3.17. The molecule has 1 amide bonds. The van der Waals surface area contributed by atoms with Crippen molar-refractivity contribution in [2.75, 3.05) is 11.4 Å². The smallest absolute Gasteiger partial charge is 0.307 e. The van der Waals surface area contributed by atoms with Crippen LogP contribution in [0.5, 0.6) is 0 Å². The normalized spacial score (nSPS) is 20.1. The quantitative estimate of drug-likeness (QED) is 0.810. The van der Waals surface area contributed by atoms with E-state index in [-0.39, 0.29) is 19.0 Å². The van der Waals surface area contributed by atoms with Crippen molar-refractivity contribution < 1.29 is 22.2 Å². The van der Waals surface area contributed by atoms with Crippen molar-refractivity contribution >= 4 is 37.9 Å². The van der Waals surface area contributed by atoms with Crippen LogP contribution in [0.4, 0.5) is 9.70 Å². The van der Waals surface area contributed by atoms with E-state index in [1.54, 1.807) is 6.07 Å². The second-order valence-corrected chi connectivity index (χ2v) is 6.63. The van der Waals surface area contributed by atoms with Crippen LogP contribution in [0.15, 0.2) is 16.7 Å². The minimum atomic E-state index is -4.77. The van der Waals surface area contributed by atoms with Crippen LogP contribution in [0, 0.1) is 0 Å². The van der Waals surface area contributed by atoms with Crippen LogP contribution in [0.3, 0.4) is 0 Å². The second-order valence-electron chi connectivity index (χ2n) is 4.10. The Hall–Kier alpha value is -1.06. The van der Waals surface area contributed by atoms with Crippen molar-refractivity contribution in [1.82, 2.24) is 4.98 Å². The molecule has 0 aromatic carbocycles. The molecule has 1 aliphatic rings. The van der Waals surface area contributed by atoms with Gasteiger partial charge in [0, 0.05) is 29.2 Å². The first-order valence-corrected chi connectivity index (χ1v) is 7.56. The van der Waals surface area contributed by atoms with Gasteiger partial charge >= 0.3 is 10.2 Å². The third kappa shape index (κ3) is 2.93. The number of halogens is 2. The van der Waals surface area contributed by atoms with Gasteiger partial charge in [-0.2, -0.15) is 8.42 Å². The highest BCUT2D eigenvalue weighted by Gasteiger charge is 2.40. The molecule has 9 heteroatoms.